The fraction of sp³-hybridized carbons (Fsp3) is 0.286. The number of anilines is 1. The first-order valence-corrected chi connectivity index (χ1v) is 9.31. The highest BCUT2D eigenvalue weighted by molar-refractivity contribution is 7.80. The highest BCUT2D eigenvalue weighted by atomic mass is 32.1. The molecule has 1 saturated heterocycles. The molecule has 1 aromatic carbocycles. The number of nitrogens with zero attached hydrogens (tertiary/aromatic N) is 3. The largest absolute Gasteiger partial charge is 0.378 e. The van der Waals surface area contributed by atoms with Crippen LogP contribution < -0.4 is 4.90 Å². The molecule has 5 nitrogen and oxygen atoms in total. The predicted octanol–water partition coefficient (Wildman–Crippen LogP) is 3.24. The van der Waals surface area contributed by atoms with Crippen molar-refractivity contribution in [2.24, 2.45) is 0 Å². The minimum Gasteiger partial charge on any atom is -0.378 e. The number of carbonyl (C=O) groups excluding carboxylic acids is 2. The van der Waals surface area contributed by atoms with E-state index in [0.29, 0.717) is 13.1 Å². The monoisotopic (exact) mass is 383 g/mol. The molecule has 0 unspecified atom stereocenters. The lowest BCUT2D eigenvalue weighted by molar-refractivity contribution is -0.133. The third-order valence-corrected chi connectivity index (χ3v) is 4.67. The SMILES string of the molecule is CCN1C(=O)C(=CC=CC=Cc2ccc(N(C)C)cc2)C(=O)N(CC)C1=S. The van der Waals surface area contributed by atoms with E-state index in [2.05, 4.69) is 0 Å². The zero-order valence-corrected chi connectivity index (χ0v) is 17.0. The smallest absolute Gasteiger partial charge is 0.265 e. The fourth-order valence-corrected chi connectivity index (χ4v) is 3.09. The van der Waals surface area contributed by atoms with Crippen LogP contribution in [-0.2, 0) is 9.59 Å². The average Bonchev–Trinajstić information content (AvgIpc) is 2.65. The third-order valence-electron chi connectivity index (χ3n) is 4.23. The molecule has 0 bridgehead atoms. The number of rotatable bonds is 6. The molecule has 0 radical (unpaired) electrons. The maximum atomic E-state index is 12.5. The Hall–Kier alpha value is -2.73. The predicted molar refractivity (Wildman–Crippen MR) is 114 cm³/mol. The Morgan fingerprint density at radius 1 is 0.926 bits per heavy atom. The van der Waals surface area contributed by atoms with E-state index in [1.807, 2.05) is 69.3 Å². The molecular formula is C21H25N3O2S. The maximum Gasteiger partial charge on any atom is 0.265 e. The first-order chi connectivity index (χ1) is 12.9. The Bertz CT molecular complexity index is 779. The van der Waals surface area contributed by atoms with Crippen LogP contribution in [-0.4, -0.2) is 53.9 Å². The zero-order valence-electron chi connectivity index (χ0n) is 16.2. The molecule has 6 heteroatoms. The van der Waals surface area contributed by atoms with Crippen LogP contribution in [0.5, 0.6) is 0 Å². The van der Waals surface area contributed by atoms with Gasteiger partial charge in [0.1, 0.15) is 5.57 Å². The molecule has 1 heterocycles. The topological polar surface area (TPSA) is 43.9 Å². The summed E-state index contributed by atoms with van der Waals surface area (Å²) in [4.78, 5) is 29.9. The molecule has 1 aromatic rings. The van der Waals surface area contributed by atoms with Gasteiger partial charge >= 0.3 is 0 Å². The molecule has 142 valence electrons. The van der Waals surface area contributed by atoms with Crippen molar-refractivity contribution in [3.8, 4) is 0 Å². The van der Waals surface area contributed by atoms with Crippen molar-refractivity contribution in [3.05, 3.63) is 59.7 Å². The minimum atomic E-state index is -0.342. The highest BCUT2D eigenvalue weighted by Crippen LogP contribution is 2.17. The summed E-state index contributed by atoms with van der Waals surface area (Å²) in [6, 6.07) is 8.16. The van der Waals surface area contributed by atoms with E-state index in [4.69, 9.17) is 12.2 Å². The van der Waals surface area contributed by atoms with Gasteiger partial charge in [-0.15, -0.1) is 0 Å². The Labute approximate surface area is 166 Å². The molecule has 1 aliphatic heterocycles. The molecule has 0 saturated carbocycles. The van der Waals surface area contributed by atoms with E-state index in [9.17, 15) is 9.59 Å². The summed E-state index contributed by atoms with van der Waals surface area (Å²) in [6.45, 7) is 4.55. The van der Waals surface area contributed by atoms with E-state index < -0.39 is 0 Å². The quantitative estimate of drug-likeness (QED) is 0.327. The van der Waals surface area contributed by atoms with Gasteiger partial charge in [-0.2, -0.15) is 0 Å². The van der Waals surface area contributed by atoms with Gasteiger partial charge in [0.15, 0.2) is 5.11 Å². The second-order valence-electron chi connectivity index (χ2n) is 6.19. The molecule has 1 fully saturated rings. The number of hydrogen-bond donors (Lipinski definition) is 0. The molecule has 1 aliphatic rings. The van der Waals surface area contributed by atoms with E-state index >= 15 is 0 Å². The van der Waals surface area contributed by atoms with Gasteiger partial charge in [0.2, 0.25) is 0 Å². The second-order valence-corrected chi connectivity index (χ2v) is 6.56. The summed E-state index contributed by atoms with van der Waals surface area (Å²) in [5.41, 5.74) is 2.34. The molecule has 0 aromatic heterocycles. The van der Waals surface area contributed by atoms with Crippen LogP contribution in [0.15, 0.2) is 54.1 Å². The summed E-state index contributed by atoms with van der Waals surface area (Å²) >= 11 is 5.24. The maximum absolute atomic E-state index is 12.5. The number of allylic oxidation sites excluding steroid dienone is 4. The number of likely N-dealkylation sites (N-methyl/N-ethyl adjacent to an activating group) is 2. The van der Waals surface area contributed by atoms with Crippen LogP contribution in [0.25, 0.3) is 6.08 Å². The standard InChI is InChI=1S/C21H25N3O2S/c1-5-23-19(25)18(20(26)24(6-2)21(23)27)11-9-7-8-10-16-12-14-17(15-13-16)22(3)4/h7-15H,5-6H2,1-4H3. The highest BCUT2D eigenvalue weighted by Gasteiger charge is 2.37. The van der Waals surface area contributed by atoms with Gasteiger partial charge in [-0.3, -0.25) is 19.4 Å². The average molecular weight is 384 g/mol. The summed E-state index contributed by atoms with van der Waals surface area (Å²) < 4.78 is 0. The van der Waals surface area contributed by atoms with Crippen molar-refractivity contribution in [1.82, 2.24) is 9.80 Å². The van der Waals surface area contributed by atoms with E-state index in [1.54, 1.807) is 18.2 Å². The lowest BCUT2D eigenvalue weighted by Gasteiger charge is -2.35. The molecule has 27 heavy (non-hydrogen) atoms. The number of amides is 2. The number of hydrogen-bond acceptors (Lipinski definition) is 4. The van der Waals surface area contributed by atoms with Crippen molar-refractivity contribution >= 4 is 40.9 Å². The van der Waals surface area contributed by atoms with Crippen molar-refractivity contribution < 1.29 is 9.59 Å². The van der Waals surface area contributed by atoms with Crippen LogP contribution in [0, 0.1) is 0 Å². The van der Waals surface area contributed by atoms with Crippen molar-refractivity contribution in [3.63, 3.8) is 0 Å². The lowest BCUT2D eigenvalue weighted by atomic mass is 10.1. The Kier molecular flexibility index (Phi) is 7.07. The number of benzene rings is 1. The summed E-state index contributed by atoms with van der Waals surface area (Å²) in [7, 11) is 4.00. The van der Waals surface area contributed by atoms with Crippen LogP contribution in [0.2, 0.25) is 0 Å². The van der Waals surface area contributed by atoms with Crippen LogP contribution in [0.1, 0.15) is 19.4 Å². The van der Waals surface area contributed by atoms with Crippen LogP contribution >= 0.6 is 12.2 Å². The Morgan fingerprint density at radius 3 is 1.96 bits per heavy atom. The van der Waals surface area contributed by atoms with E-state index in [0.717, 1.165) is 11.3 Å². The number of carbonyl (C=O) groups is 2. The first-order valence-electron chi connectivity index (χ1n) is 8.90. The summed E-state index contributed by atoms with van der Waals surface area (Å²) in [6.07, 6.45) is 8.89. The minimum absolute atomic E-state index is 0.132. The molecule has 2 amide bonds. The van der Waals surface area contributed by atoms with Crippen LogP contribution in [0.3, 0.4) is 0 Å². The molecule has 2 rings (SSSR count). The van der Waals surface area contributed by atoms with Gasteiger partial charge in [-0.25, -0.2) is 0 Å². The van der Waals surface area contributed by atoms with Crippen LogP contribution in [0.4, 0.5) is 5.69 Å². The number of thiocarbonyl (C=S) groups is 1. The second kappa shape index (κ2) is 9.28. The third kappa shape index (κ3) is 4.71. The summed E-state index contributed by atoms with van der Waals surface area (Å²) in [5.74, 6) is -0.685. The van der Waals surface area contributed by atoms with Crippen molar-refractivity contribution in [2.75, 3.05) is 32.1 Å². The lowest BCUT2D eigenvalue weighted by Crippen LogP contribution is -2.55. The van der Waals surface area contributed by atoms with Gasteiger partial charge in [-0.1, -0.05) is 36.4 Å². The van der Waals surface area contributed by atoms with Crippen molar-refractivity contribution in [2.45, 2.75) is 13.8 Å². The molecule has 0 spiro atoms. The molecule has 0 aliphatic carbocycles. The van der Waals surface area contributed by atoms with E-state index in [-0.39, 0.29) is 22.5 Å². The Balaban J connectivity index is 2.11. The van der Waals surface area contributed by atoms with Gasteiger partial charge in [0.05, 0.1) is 0 Å². The van der Waals surface area contributed by atoms with Gasteiger partial charge in [-0.05, 0) is 49.8 Å². The van der Waals surface area contributed by atoms with Crippen molar-refractivity contribution in [1.29, 1.82) is 0 Å². The molecule has 0 N–H and O–H groups in total. The summed E-state index contributed by atoms with van der Waals surface area (Å²) in [5, 5.41) is 0.275. The fourth-order valence-electron chi connectivity index (χ4n) is 2.67. The van der Waals surface area contributed by atoms with Gasteiger partial charge in [0.25, 0.3) is 11.8 Å². The molecule has 0 atom stereocenters. The zero-order chi connectivity index (χ0) is 20.0. The van der Waals surface area contributed by atoms with Gasteiger partial charge in [0, 0.05) is 32.9 Å². The first kappa shape index (κ1) is 20.6. The normalized spacial score (nSPS) is 15.4. The molecular weight excluding hydrogens is 358 g/mol. The van der Waals surface area contributed by atoms with E-state index in [1.165, 1.54) is 9.80 Å². The Morgan fingerprint density at radius 2 is 1.48 bits per heavy atom. The van der Waals surface area contributed by atoms with Gasteiger partial charge < -0.3 is 4.90 Å².